The number of carbonyl (C=O) groups is 1. The first kappa shape index (κ1) is 54.5. The number of aliphatic hydroxyl groups is 2. The van der Waals surface area contributed by atoms with E-state index in [4.69, 9.17) is 0 Å². The molecule has 4 heteroatoms. The minimum atomic E-state index is -0.668. The van der Waals surface area contributed by atoms with Gasteiger partial charge in [-0.15, -0.1) is 0 Å². The van der Waals surface area contributed by atoms with Crippen LogP contribution in [0.25, 0.3) is 0 Å². The number of amides is 1. The van der Waals surface area contributed by atoms with Crippen LogP contribution < -0.4 is 5.32 Å². The fourth-order valence-corrected chi connectivity index (χ4v) is 6.13. The third-order valence-electron chi connectivity index (χ3n) is 9.68. The van der Waals surface area contributed by atoms with Gasteiger partial charge in [-0.3, -0.25) is 4.79 Å². The van der Waals surface area contributed by atoms with Crippen molar-refractivity contribution in [1.82, 2.24) is 5.32 Å². The molecule has 0 aromatic rings. The Kier molecular flexibility index (Phi) is 45.0. The van der Waals surface area contributed by atoms with Crippen molar-refractivity contribution >= 4 is 5.91 Å². The minimum Gasteiger partial charge on any atom is -0.394 e. The topological polar surface area (TPSA) is 69.6 Å². The smallest absolute Gasteiger partial charge is 0.220 e. The molecule has 0 aromatic carbocycles. The van der Waals surface area contributed by atoms with E-state index in [0.29, 0.717) is 12.8 Å². The third kappa shape index (κ3) is 43.6. The SMILES string of the molecule is CC/C=C\C/C=C\C/C=C\C/C=C\C/C=C\C/C=C\C/C=C\C/C=C\C/C=C\C/C=C\C/C=C\CCCCCCCCCC(=O)NC(CO)C(O)CCCCCCC. The first-order chi connectivity index (χ1) is 28.7. The van der Waals surface area contributed by atoms with Crippen molar-refractivity contribution in [3.05, 3.63) is 134 Å². The summed E-state index contributed by atoms with van der Waals surface area (Å²) in [7, 11) is 0. The summed E-state index contributed by atoms with van der Waals surface area (Å²) >= 11 is 0. The van der Waals surface area contributed by atoms with Crippen LogP contribution in [0.2, 0.25) is 0 Å². The number of unbranched alkanes of at least 4 members (excludes halogenated alkanes) is 11. The van der Waals surface area contributed by atoms with Crippen LogP contribution in [0.4, 0.5) is 0 Å². The van der Waals surface area contributed by atoms with Gasteiger partial charge in [-0.2, -0.15) is 0 Å². The quantitative estimate of drug-likeness (QED) is 0.0427. The highest BCUT2D eigenvalue weighted by Gasteiger charge is 2.19. The molecular formula is C54H87NO3. The summed E-state index contributed by atoms with van der Waals surface area (Å²) in [6, 6.07) is -0.547. The van der Waals surface area contributed by atoms with Gasteiger partial charge in [0.2, 0.25) is 5.91 Å². The summed E-state index contributed by atoms with van der Waals surface area (Å²) in [6.45, 7) is 4.14. The maximum absolute atomic E-state index is 12.3. The van der Waals surface area contributed by atoms with Gasteiger partial charge < -0.3 is 15.5 Å². The van der Waals surface area contributed by atoms with Crippen LogP contribution in [-0.2, 0) is 4.79 Å². The van der Waals surface area contributed by atoms with Crippen molar-refractivity contribution < 1.29 is 15.0 Å². The van der Waals surface area contributed by atoms with E-state index in [0.717, 1.165) is 109 Å². The Labute approximate surface area is 358 Å². The summed E-state index contributed by atoms with van der Waals surface area (Å²) in [5.41, 5.74) is 0. The monoisotopic (exact) mass is 798 g/mol. The van der Waals surface area contributed by atoms with Crippen molar-refractivity contribution in [2.24, 2.45) is 0 Å². The lowest BCUT2D eigenvalue weighted by Gasteiger charge is -2.22. The first-order valence-corrected chi connectivity index (χ1v) is 23.4. The van der Waals surface area contributed by atoms with Crippen LogP contribution in [0.3, 0.4) is 0 Å². The van der Waals surface area contributed by atoms with Crippen LogP contribution in [0.5, 0.6) is 0 Å². The molecule has 0 rings (SSSR count). The predicted octanol–water partition coefficient (Wildman–Crippen LogP) is 15.1. The molecule has 0 bridgehead atoms. The van der Waals surface area contributed by atoms with Gasteiger partial charge in [0.25, 0.3) is 0 Å². The highest BCUT2D eigenvalue weighted by Crippen LogP contribution is 2.12. The van der Waals surface area contributed by atoms with Crippen molar-refractivity contribution in [3.63, 3.8) is 0 Å². The molecule has 326 valence electrons. The molecule has 0 saturated heterocycles. The van der Waals surface area contributed by atoms with E-state index in [9.17, 15) is 15.0 Å². The fraction of sp³-hybridized carbons (Fsp3) is 0.574. The number of allylic oxidation sites excluding steroid dienone is 22. The van der Waals surface area contributed by atoms with E-state index >= 15 is 0 Å². The Morgan fingerprint density at radius 2 is 0.759 bits per heavy atom. The average Bonchev–Trinajstić information content (AvgIpc) is 3.23. The highest BCUT2D eigenvalue weighted by molar-refractivity contribution is 5.76. The standard InChI is InChI=1S/C54H87NO3/c1-3-5-7-9-10-11-12-13-14-15-16-17-18-19-20-21-22-23-24-25-26-27-28-29-30-31-32-33-34-35-36-37-38-39-40-41-42-43-44-46-48-50-54(58)55-52(51-56)53(57)49-47-45-8-6-4-2/h5,7,10-11,13-14,16-17,19-20,22-23,25-26,28-29,31-32,34-35,37-38,52-53,56-57H,3-4,6,8-9,12,15,18,21,24,27,30,33,36,39-51H2,1-2H3,(H,55,58)/b7-5-,11-10-,14-13-,17-16-,20-19-,23-22-,26-25-,29-28-,32-31-,35-34-,38-37-. The van der Waals surface area contributed by atoms with Crippen molar-refractivity contribution in [1.29, 1.82) is 0 Å². The number of hydrogen-bond acceptors (Lipinski definition) is 3. The summed E-state index contributed by atoms with van der Waals surface area (Å²) in [5.74, 6) is -0.0570. The van der Waals surface area contributed by atoms with Gasteiger partial charge in [0.1, 0.15) is 0 Å². The number of aliphatic hydroxyl groups excluding tert-OH is 2. The van der Waals surface area contributed by atoms with E-state index in [2.05, 4.69) is 153 Å². The number of nitrogens with one attached hydrogen (secondary N) is 1. The lowest BCUT2D eigenvalue weighted by atomic mass is 10.0. The maximum atomic E-state index is 12.3. The number of rotatable bonds is 40. The molecule has 0 aliphatic heterocycles. The molecule has 1 amide bonds. The van der Waals surface area contributed by atoms with E-state index in [1.54, 1.807) is 0 Å². The lowest BCUT2D eigenvalue weighted by molar-refractivity contribution is -0.123. The molecule has 2 unspecified atom stereocenters. The van der Waals surface area contributed by atoms with E-state index in [1.807, 2.05) is 0 Å². The average molecular weight is 798 g/mol. The Balaban J connectivity index is 3.63. The lowest BCUT2D eigenvalue weighted by Crippen LogP contribution is -2.45. The Bertz CT molecular complexity index is 1220. The van der Waals surface area contributed by atoms with Crippen LogP contribution in [0.1, 0.15) is 181 Å². The molecule has 0 saturated carbocycles. The van der Waals surface area contributed by atoms with Crippen molar-refractivity contribution in [2.45, 2.75) is 193 Å². The zero-order valence-corrected chi connectivity index (χ0v) is 37.3. The Morgan fingerprint density at radius 1 is 0.431 bits per heavy atom. The second-order valence-corrected chi connectivity index (χ2v) is 15.1. The molecule has 0 fully saturated rings. The largest absolute Gasteiger partial charge is 0.394 e. The van der Waals surface area contributed by atoms with Gasteiger partial charge in [-0.1, -0.05) is 212 Å². The maximum Gasteiger partial charge on any atom is 0.220 e. The molecule has 4 nitrogen and oxygen atoms in total. The predicted molar refractivity (Wildman–Crippen MR) is 257 cm³/mol. The number of hydrogen-bond donors (Lipinski definition) is 3. The molecule has 0 heterocycles. The molecule has 0 aromatic heterocycles. The molecule has 0 aliphatic carbocycles. The molecule has 0 spiro atoms. The Hall–Kier alpha value is -3.47. The molecule has 3 N–H and O–H groups in total. The van der Waals surface area contributed by atoms with Crippen LogP contribution in [0, 0.1) is 0 Å². The van der Waals surface area contributed by atoms with E-state index < -0.39 is 12.1 Å². The second-order valence-electron chi connectivity index (χ2n) is 15.1. The second kappa shape index (κ2) is 47.9. The van der Waals surface area contributed by atoms with Gasteiger partial charge >= 0.3 is 0 Å². The van der Waals surface area contributed by atoms with Gasteiger partial charge in [-0.25, -0.2) is 0 Å². The number of carbonyl (C=O) groups excluding carboxylic acids is 1. The molecular weight excluding hydrogens is 711 g/mol. The molecule has 0 radical (unpaired) electrons. The van der Waals surface area contributed by atoms with Crippen LogP contribution in [0.15, 0.2) is 134 Å². The molecule has 2 atom stereocenters. The summed E-state index contributed by atoms with van der Waals surface area (Å²) in [5, 5.41) is 22.8. The van der Waals surface area contributed by atoms with Gasteiger partial charge in [0.15, 0.2) is 0 Å². The minimum absolute atomic E-state index is 0.0570. The van der Waals surface area contributed by atoms with Crippen LogP contribution >= 0.6 is 0 Å². The Morgan fingerprint density at radius 3 is 1.14 bits per heavy atom. The summed E-state index contributed by atoms with van der Waals surface area (Å²) in [6.07, 6.45) is 75.7. The third-order valence-corrected chi connectivity index (χ3v) is 9.68. The normalized spacial score (nSPS) is 14.2. The first-order valence-electron chi connectivity index (χ1n) is 23.4. The molecule has 58 heavy (non-hydrogen) atoms. The zero-order chi connectivity index (χ0) is 42.1. The molecule has 0 aliphatic rings. The van der Waals surface area contributed by atoms with Gasteiger partial charge in [0.05, 0.1) is 18.8 Å². The van der Waals surface area contributed by atoms with Crippen LogP contribution in [-0.4, -0.2) is 34.9 Å². The zero-order valence-electron chi connectivity index (χ0n) is 37.3. The van der Waals surface area contributed by atoms with Crippen molar-refractivity contribution in [2.75, 3.05) is 6.61 Å². The van der Waals surface area contributed by atoms with E-state index in [1.165, 1.54) is 44.9 Å². The highest BCUT2D eigenvalue weighted by atomic mass is 16.3. The summed E-state index contributed by atoms with van der Waals surface area (Å²) < 4.78 is 0. The van der Waals surface area contributed by atoms with Gasteiger partial charge in [-0.05, 0) is 96.3 Å². The van der Waals surface area contributed by atoms with Gasteiger partial charge in [0, 0.05) is 6.42 Å². The van der Waals surface area contributed by atoms with Crippen molar-refractivity contribution in [3.8, 4) is 0 Å². The fourth-order valence-electron chi connectivity index (χ4n) is 6.13. The van der Waals surface area contributed by atoms with E-state index in [-0.39, 0.29) is 12.5 Å². The summed E-state index contributed by atoms with van der Waals surface area (Å²) in [4.78, 5) is 12.3.